The van der Waals surface area contributed by atoms with Crippen LogP contribution in [-0.2, 0) is 6.18 Å². The molecule has 0 unspecified atom stereocenters. The summed E-state index contributed by atoms with van der Waals surface area (Å²) in [6, 6.07) is 20.9. The first-order chi connectivity index (χ1) is 11.1. The van der Waals surface area contributed by atoms with Crippen LogP contribution in [0.5, 0.6) is 0 Å². The van der Waals surface area contributed by atoms with Crippen LogP contribution in [0.3, 0.4) is 0 Å². The van der Waals surface area contributed by atoms with Crippen molar-refractivity contribution in [2.24, 2.45) is 0 Å². The first-order valence-electron chi connectivity index (χ1n) is 7.21. The fourth-order valence-corrected chi connectivity index (χ4v) is 3.02. The normalized spacial score (nSPS) is 12.1. The van der Waals surface area contributed by atoms with Gasteiger partial charge >= 0.3 is 6.18 Å². The largest absolute Gasteiger partial charge is 0.416 e. The highest BCUT2D eigenvalue weighted by Gasteiger charge is 2.30. The summed E-state index contributed by atoms with van der Waals surface area (Å²) in [5.41, 5.74) is 1.66. The van der Waals surface area contributed by atoms with Crippen LogP contribution in [0.25, 0.3) is 27.5 Å². The van der Waals surface area contributed by atoms with Gasteiger partial charge in [-0.05, 0) is 30.3 Å². The molecule has 0 fully saturated rings. The van der Waals surface area contributed by atoms with Crippen molar-refractivity contribution in [1.29, 1.82) is 0 Å². The molecule has 0 saturated carbocycles. The van der Waals surface area contributed by atoms with Crippen molar-refractivity contribution >= 4 is 21.8 Å². The van der Waals surface area contributed by atoms with Gasteiger partial charge in [-0.1, -0.05) is 42.5 Å². The smallest absolute Gasteiger partial charge is 0.309 e. The molecule has 114 valence electrons. The molecule has 0 bridgehead atoms. The molecule has 0 aliphatic heterocycles. The van der Waals surface area contributed by atoms with Crippen LogP contribution in [0.15, 0.2) is 72.8 Å². The third kappa shape index (κ3) is 2.18. The van der Waals surface area contributed by atoms with Crippen LogP contribution in [0.4, 0.5) is 13.2 Å². The van der Waals surface area contributed by atoms with E-state index in [2.05, 4.69) is 0 Å². The van der Waals surface area contributed by atoms with Crippen LogP contribution in [0, 0.1) is 0 Å². The first-order valence-corrected chi connectivity index (χ1v) is 7.21. The van der Waals surface area contributed by atoms with Crippen molar-refractivity contribution in [1.82, 2.24) is 4.57 Å². The number of hydrogen-bond donors (Lipinski definition) is 0. The fraction of sp³-hybridized carbons (Fsp3) is 0.0526. The zero-order valence-corrected chi connectivity index (χ0v) is 12.0. The molecule has 4 aromatic rings. The lowest BCUT2D eigenvalue weighted by atomic mass is 10.2. The van der Waals surface area contributed by atoms with Crippen molar-refractivity contribution in [2.45, 2.75) is 6.18 Å². The van der Waals surface area contributed by atoms with Crippen molar-refractivity contribution in [3.8, 4) is 5.69 Å². The summed E-state index contributed by atoms with van der Waals surface area (Å²) in [7, 11) is 0. The molecular formula is C19H12F3N. The lowest BCUT2D eigenvalue weighted by Crippen LogP contribution is -2.06. The Morgan fingerprint density at radius 3 is 1.78 bits per heavy atom. The predicted molar refractivity (Wildman–Crippen MR) is 85.8 cm³/mol. The molecule has 3 aromatic carbocycles. The summed E-state index contributed by atoms with van der Waals surface area (Å²) in [5, 5.41) is 2.06. The van der Waals surface area contributed by atoms with E-state index >= 15 is 0 Å². The number of rotatable bonds is 1. The third-order valence-corrected chi connectivity index (χ3v) is 4.01. The Morgan fingerprint density at radius 1 is 0.652 bits per heavy atom. The highest BCUT2D eigenvalue weighted by Crippen LogP contribution is 2.34. The van der Waals surface area contributed by atoms with E-state index in [0.717, 1.165) is 27.9 Å². The van der Waals surface area contributed by atoms with Crippen LogP contribution in [0.1, 0.15) is 5.56 Å². The Hall–Kier alpha value is -2.75. The highest BCUT2D eigenvalue weighted by molar-refractivity contribution is 6.09. The quantitative estimate of drug-likeness (QED) is 0.418. The van der Waals surface area contributed by atoms with E-state index in [1.165, 1.54) is 12.1 Å². The summed E-state index contributed by atoms with van der Waals surface area (Å²) in [6.07, 6.45) is -4.35. The second-order valence-electron chi connectivity index (χ2n) is 5.42. The first kappa shape index (κ1) is 13.9. The Morgan fingerprint density at radius 2 is 1.22 bits per heavy atom. The van der Waals surface area contributed by atoms with Gasteiger partial charge in [0.2, 0.25) is 0 Å². The van der Waals surface area contributed by atoms with Crippen molar-refractivity contribution in [3.05, 3.63) is 78.4 Å². The SMILES string of the molecule is FC(F)(F)c1cccc(-n2c3ccccc3c3ccccc32)c1. The molecule has 0 atom stereocenters. The molecule has 1 aromatic heterocycles. The number of fused-ring (bicyclic) bond motifs is 3. The summed E-state index contributed by atoms with van der Waals surface area (Å²) < 4.78 is 41.0. The molecule has 23 heavy (non-hydrogen) atoms. The van der Waals surface area contributed by atoms with Gasteiger partial charge in [0.1, 0.15) is 0 Å². The van der Waals surface area contributed by atoms with E-state index in [1.807, 2.05) is 53.1 Å². The standard InChI is InChI=1S/C19H12F3N/c20-19(21,22)13-6-5-7-14(12-13)23-17-10-3-1-8-15(17)16-9-2-4-11-18(16)23/h1-12H. The van der Waals surface area contributed by atoms with Gasteiger partial charge < -0.3 is 4.57 Å². The molecule has 4 rings (SSSR count). The molecule has 0 amide bonds. The second kappa shape index (κ2) is 4.88. The van der Waals surface area contributed by atoms with Gasteiger partial charge in [0.05, 0.1) is 16.6 Å². The number of benzene rings is 3. The van der Waals surface area contributed by atoms with Crippen LogP contribution >= 0.6 is 0 Å². The van der Waals surface area contributed by atoms with Crippen LogP contribution in [-0.4, -0.2) is 4.57 Å². The number of halogens is 3. The van der Waals surface area contributed by atoms with E-state index in [0.29, 0.717) is 5.69 Å². The second-order valence-corrected chi connectivity index (χ2v) is 5.42. The Balaban J connectivity index is 2.09. The van der Waals surface area contributed by atoms with Gasteiger partial charge in [0, 0.05) is 16.5 Å². The summed E-state index contributed by atoms with van der Waals surface area (Å²) in [4.78, 5) is 0. The zero-order chi connectivity index (χ0) is 16.0. The van der Waals surface area contributed by atoms with E-state index in [-0.39, 0.29) is 0 Å². The maximum atomic E-state index is 13.0. The average Bonchev–Trinajstić information content (AvgIpc) is 2.89. The molecule has 0 radical (unpaired) electrons. The Bertz CT molecular complexity index is 959. The van der Waals surface area contributed by atoms with E-state index in [4.69, 9.17) is 0 Å². The molecule has 4 heteroatoms. The van der Waals surface area contributed by atoms with E-state index in [9.17, 15) is 13.2 Å². The van der Waals surface area contributed by atoms with Crippen molar-refractivity contribution < 1.29 is 13.2 Å². The number of hydrogen-bond acceptors (Lipinski definition) is 0. The molecule has 0 saturated heterocycles. The van der Waals surface area contributed by atoms with Gasteiger partial charge in [0.25, 0.3) is 0 Å². The summed E-state index contributed by atoms with van der Waals surface area (Å²) >= 11 is 0. The minimum Gasteiger partial charge on any atom is -0.309 e. The minimum absolute atomic E-state index is 0.511. The molecule has 0 N–H and O–H groups in total. The number of aromatic nitrogens is 1. The number of para-hydroxylation sites is 2. The number of alkyl halides is 3. The zero-order valence-electron chi connectivity index (χ0n) is 12.0. The molecule has 0 spiro atoms. The maximum Gasteiger partial charge on any atom is 0.416 e. The molecule has 0 aliphatic carbocycles. The molecule has 1 heterocycles. The van der Waals surface area contributed by atoms with E-state index in [1.54, 1.807) is 6.07 Å². The topological polar surface area (TPSA) is 4.93 Å². The molecular weight excluding hydrogens is 299 g/mol. The lowest BCUT2D eigenvalue weighted by molar-refractivity contribution is -0.137. The fourth-order valence-electron chi connectivity index (χ4n) is 3.02. The summed E-state index contributed by atoms with van der Waals surface area (Å²) in [6.45, 7) is 0. The van der Waals surface area contributed by atoms with Crippen LogP contribution < -0.4 is 0 Å². The van der Waals surface area contributed by atoms with Crippen molar-refractivity contribution in [2.75, 3.05) is 0 Å². The van der Waals surface area contributed by atoms with E-state index < -0.39 is 11.7 Å². The summed E-state index contributed by atoms with van der Waals surface area (Å²) in [5.74, 6) is 0. The monoisotopic (exact) mass is 311 g/mol. The minimum atomic E-state index is -4.35. The van der Waals surface area contributed by atoms with Crippen LogP contribution in [0.2, 0.25) is 0 Å². The van der Waals surface area contributed by atoms with Crippen molar-refractivity contribution in [3.63, 3.8) is 0 Å². The van der Waals surface area contributed by atoms with Gasteiger partial charge in [-0.2, -0.15) is 13.2 Å². The van der Waals surface area contributed by atoms with Gasteiger partial charge in [0.15, 0.2) is 0 Å². The number of nitrogens with zero attached hydrogens (tertiary/aromatic N) is 1. The van der Waals surface area contributed by atoms with Gasteiger partial charge in [-0.15, -0.1) is 0 Å². The Labute approximate surface area is 130 Å². The van der Waals surface area contributed by atoms with Gasteiger partial charge in [-0.3, -0.25) is 0 Å². The average molecular weight is 311 g/mol. The molecule has 0 aliphatic rings. The maximum absolute atomic E-state index is 13.0. The highest BCUT2D eigenvalue weighted by atomic mass is 19.4. The van der Waals surface area contributed by atoms with Gasteiger partial charge in [-0.25, -0.2) is 0 Å². The third-order valence-electron chi connectivity index (χ3n) is 4.01. The lowest BCUT2D eigenvalue weighted by Gasteiger charge is -2.11. The predicted octanol–water partition coefficient (Wildman–Crippen LogP) is 5.80. The Kier molecular flexibility index (Phi) is 2.94. The molecule has 1 nitrogen and oxygen atoms in total.